The molecule has 186 valence electrons. The van der Waals surface area contributed by atoms with Crippen molar-refractivity contribution >= 4 is 46.8 Å². The number of phenolic OH excluding ortho intramolecular Hbond substituents is 1. The fourth-order valence-electron chi connectivity index (χ4n) is 6.38. The Morgan fingerprint density at radius 2 is 1.66 bits per heavy atom. The summed E-state index contributed by atoms with van der Waals surface area (Å²) < 4.78 is 10.8. The average Bonchev–Trinajstić information content (AvgIpc) is 3.13. The summed E-state index contributed by atoms with van der Waals surface area (Å²) in [7, 11) is 5.55. The summed E-state index contributed by atoms with van der Waals surface area (Å²) in [5.74, 6) is -4.98. The van der Waals surface area contributed by atoms with E-state index in [1.54, 1.807) is 6.08 Å². The van der Waals surface area contributed by atoms with E-state index in [1.807, 2.05) is 0 Å². The van der Waals surface area contributed by atoms with Crippen molar-refractivity contribution in [2.75, 3.05) is 28.3 Å². The Morgan fingerprint density at radius 1 is 0.971 bits per heavy atom. The molecule has 2 saturated heterocycles. The van der Waals surface area contributed by atoms with Gasteiger partial charge in [-0.1, -0.05) is 11.6 Å². The topological polar surface area (TPSA) is 113 Å². The molecule has 1 aromatic carbocycles. The molecule has 5 rings (SSSR count). The number of hydrogen-bond donors (Lipinski definition) is 1. The Balaban J connectivity index is 1.80. The highest BCUT2D eigenvalue weighted by Crippen LogP contribution is 2.66. The third-order valence-electron chi connectivity index (χ3n) is 8.07. The number of alkyl halides is 2. The molecule has 4 amide bonds. The highest BCUT2D eigenvalue weighted by Gasteiger charge is 2.76. The van der Waals surface area contributed by atoms with Crippen LogP contribution in [0.3, 0.4) is 0 Å². The Kier molecular flexibility index (Phi) is 5.20. The number of methoxy groups -OCH3 is 2. The summed E-state index contributed by atoms with van der Waals surface area (Å²) >= 11 is 14.1. The molecule has 1 N–H and O–H groups in total. The summed E-state index contributed by atoms with van der Waals surface area (Å²) in [5, 5.41) is 11.1. The zero-order chi connectivity index (χ0) is 25.6. The maximum absolute atomic E-state index is 13.6. The van der Waals surface area contributed by atoms with Gasteiger partial charge in [0.2, 0.25) is 11.8 Å². The molecule has 1 aromatic rings. The Bertz CT molecular complexity index is 1230. The average molecular weight is 523 g/mol. The van der Waals surface area contributed by atoms with E-state index in [0.29, 0.717) is 11.3 Å². The van der Waals surface area contributed by atoms with Crippen LogP contribution in [0, 0.1) is 17.8 Å². The molecule has 0 radical (unpaired) electrons. The van der Waals surface area contributed by atoms with Crippen LogP contribution in [0.5, 0.6) is 17.2 Å². The van der Waals surface area contributed by atoms with Crippen molar-refractivity contribution in [3.05, 3.63) is 29.3 Å². The molecule has 0 spiro atoms. The maximum Gasteiger partial charge on any atom is 0.253 e. The number of fused-ring (bicyclic) bond motifs is 4. The number of aromatic hydroxyl groups is 1. The molecule has 11 heteroatoms. The van der Waals surface area contributed by atoms with Gasteiger partial charge < -0.3 is 14.6 Å². The van der Waals surface area contributed by atoms with Crippen molar-refractivity contribution in [1.29, 1.82) is 0 Å². The minimum atomic E-state index is -2.01. The molecule has 9 nitrogen and oxygen atoms in total. The number of hydrogen-bond acceptors (Lipinski definition) is 7. The molecule has 6 unspecified atom stereocenters. The predicted molar refractivity (Wildman–Crippen MR) is 124 cm³/mol. The number of amides is 4. The lowest BCUT2D eigenvalue weighted by Gasteiger charge is -2.51. The van der Waals surface area contributed by atoms with Crippen molar-refractivity contribution in [3.63, 3.8) is 0 Å². The van der Waals surface area contributed by atoms with Gasteiger partial charge in [-0.15, -0.1) is 23.2 Å². The van der Waals surface area contributed by atoms with E-state index >= 15 is 0 Å². The molecular formula is C24H24Cl2N2O7. The lowest BCUT2D eigenvalue weighted by Crippen LogP contribution is -2.60. The van der Waals surface area contributed by atoms with E-state index < -0.39 is 45.2 Å². The van der Waals surface area contributed by atoms with Crippen molar-refractivity contribution in [3.8, 4) is 17.2 Å². The minimum absolute atomic E-state index is 0.109. The number of benzene rings is 1. The molecule has 0 aromatic heterocycles. The van der Waals surface area contributed by atoms with Crippen LogP contribution in [-0.2, 0) is 19.2 Å². The summed E-state index contributed by atoms with van der Waals surface area (Å²) in [5.41, 5.74) is 0.730. The van der Waals surface area contributed by atoms with Crippen LogP contribution in [-0.4, -0.2) is 76.6 Å². The van der Waals surface area contributed by atoms with Crippen LogP contribution in [0.4, 0.5) is 0 Å². The maximum atomic E-state index is 13.6. The number of ether oxygens (including phenoxy) is 2. The monoisotopic (exact) mass is 522 g/mol. The van der Waals surface area contributed by atoms with Crippen molar-refractivity contribution in [2.24, 2.45) is 17.8 Å². The number of halogens is 2. The first kappa shape index (κ1) is 23.9. The predicted octanol–water partition coefficient (Wildman–Crippen LogP) is 2.03. The molecule has 4 aliphatic rings. The van der Waals surface area contributed by atoms with Gasteiger partial charge in [0, 0.05) is 37.7 Å². The summed E-state index contributed by atoms with van der Waals surface area (Å²) in [4.78, 5) is 50.9. The Hall–Kier alpha value is -2.78. The molecule has 0 bridgehead atoms. The van der Waals surface area contributed by atoms with Crippen LogP contribution < -0.4 is 9.47 Å². The van der Waals surface area contributed by atoms with E-state index in [0.717, 1.165) is 9.80 Å². The van der Waals surface area contributed by atoms with Gasteiger partial charge in [-0.25, -0.2) is 0 Å². The standard InChI is InChI=1S/C24H24Cl2N2O7/c1-27-19(30)12-6-5-11-13(16(12)20(27)31)9-23(25)21(32)28(2)22(33)24(23,26)18(11)17-14(29)7-10(34-3)8-15(17)35-4/h5,7-8,12-13,16,18,29H,6,9H2,1-4H3. The molecule has 2 aliphatic heterocycles. The van der Waals surface area contributed by atoms with Crippen molar-refractivity contribution in [1.82, 2.24) is 9.80 Å². The number of rotatable bonds is 3. The number of imide groups is 2. The molecular weight excluding hydrogens is 499 g/mol. The van der Waals surface area contributed by atoms with Gasteiger partial charge in [0.05, 0.1) is 26.1 Å². The molecule has 35 heavy (non-hydrogen) atoms. The quantitative estimate of drug-likeness (QED) is 0.367. The zero-order valence-corrected chi connectivity index (χ0v) is 21.0. The normalized spacial score (nSPS) is 36.1. The van der Waals surface area contributed by atoms with E-state index in [9.17, 15) is 24.3 Å². The number of nitrogens with zero attached hydrogens (tertiary/aromatic N) is 2. The first-order valence-corrected chi connectivity index (χ1v) is 11.9. The minimum Gasteiger partial charge on any atom is -0.507 e. The summed E-state index contributed by atoms with van der Waals surface area (Å²) in [6.45, 7) is 0. The van der Waals surface area contributed by atoms with Gasteiger partial charge in [-0.2, -0.15) is 0 Å². The van der Waals surface area contributed by atoms with Gasteiger partial charge in [-0.3, -0.25) is 29.0 Å². The van der Waals surface area contributed by atoms with Crippen LogP contribution in [0.15, 0.2) is 23.8 Å². The second kappa shape index (κ2) is 7.61. The first-order valence-electron chi connectivity index (χ1n) is 11.1. The molecule has 1 saturated carbocycles. The lowest BCUT2D eigenvalue weighted by molar-refractivity contribution is -0.140. The Labute approximate surface area is 211 Å². The van der Waals surface area contributed by atoms with Crippen LogP contribution in [0.1, 0.15) is 24.3 Å². The molecule has 2 aliphatic carbocycles. The van der Waals surface area contributed by atoms with Gasteiger partial charge in [-0.05, 0) is 18.8 Å². The number of likely N-dealkylation sites (tertiary alicyclic amines) is 2. The van der Waals surface area contributed by atoms with Crippen LogP contribution in [0.25, 0.3) is 0 Å². The summed E-state index contributed by atoms with van der Waals surface area (Å²) in [6, 6.07) is 2.89. The first-order chi connectivity index (χ1) is 16.4. The van der Waals surface area contributed by atoms with Gasteiger partial charge >= 0.3 is 0 Å². The third-order valence-corrected chi connectivity index (χ3v) is 9.49. The Morgan fingerprint density at radius 3 is 2.29 bits per heavy atom. The second-order valence-electron chi connectivity index (χ2n) is 9.50. The van der Waals surface area contributed by atoms with E-state index in [2.05, 4.69) is 0 Å². The fraction of sp³-hybridized carbons (Fsp3) is 0.500. The second-order valence-corrected chi connectivity index (χ2v) is 10.7. The number of phenols is 1. The number of allylic oxidation sites excluding steroid dienone is 2. The van der Waals surface area contributed by atoms with Gasteiger partial charge in [0.15, 0.2) is 9.75 Å². The summed E-state index contributed by atoms with van der Waals surface area (Å²) in [6.07, 6.45) is 1.94. The highest BCUT2D eigenvalue weighted by atomic mass is 35.5. The van der Waals surface area contributed by atoms with Crippen LogP contribution in [0.2, 0.25) is 0 Å². The largest absolute Gasteiger partial charge is 0.507 e. The molecule has 6 atom stereocenters. The highest BCUT2D eigenvalue weighted by molar-refractivity contribution is 6.53. The molecule has 2 heterocycles. The van der Waals surface area contributed by atoms with Crippen molar-refractivity contribution < 1.29 is 33.8 Å². The lowest BCUT2D eigenvalue weighted by atomic mass is 9.56. The number of carbonyl (C=O) groups excluding carboxylic acids is 4. The van der Waals surface area contributed by atoms with Crippen LogP contribution >= 0.6 is 23.2 Å². The fourth-order valence-corrected chi connectivity index (χ4v) is 7.39. The molecule has 3 fully saturated rings. The van der Waals surface area contributed by atoms with E-state index in [-0.39, 0.29) is 41.7 Å². The third kappa shape index (κ3) is 2.76. The van der Waals surface area contributed by atoms with E-state index in [1.165, 1.54) is 40.4 Å². The van der Waals surface area contributed by atoms with E-state index in [4.69, 9.17) is 32.7 Å². The number of carbonyl (C=O) groups is 4. The zero-order valence-electron chi connectivity index (χ0n) is 19.5. The van der Waals surface area contributed by atoms with Crippen molar-refractivity contribution in [2.45, 2.75) is 28.5 Å². The van der Waals surface area contributed by atoms with Gasteiger partial charge in [0.1, 0.15) is 17.2 Å². The smallest absolute Gasteiger partial charge is 0.253 e. The SMILES string of the molecule is COc1cc(O)c(C2C3=CCC4C(=O)N(C)C(=O)C4C3CC3(Cl)C(=O)N(C)C(=O)C23Cl)c(OC)c1. The van der Waals surface area contributed by atoms with Gasteiger partial charge in [0.25, 0.3) is 11.8 Å².